The predicted octanol–water partition coefficient (Wildman–Crippen LogP) is 4.85. The molecule has 0 aliphatic carbocycles. The third-order valence-electron chi connectivity index (χ3n) is 6.22. The summed E-state index contributed by atoms with van der Waals surface area (Å²) < 4.78 is 0. The Bertz CT molecular complexity index is 1360. The lowest BCUT2D eigenvalue weighted by atomic mass is 9.89. The Morgan fingerprint density at radius 3 is 2.68 bits per heavy atom. The van der Waals surface area contributed by atoms with Crippen LogP contribution in [0.1, 0.15) is 46.6 Å². The molecule has 0 saturated carbocycles. The molecular formula is C27H24N4O3. The summed E-state index contributed by atoms with van der Waals surface area (Å²) >= 11 is 0. The van der Waals surface area contributed by atoms with Crippen LogP contribution < -0.4 is 4.90 Å². The molecular weight excluding hydrogens is 428 g/mol. The second kappa shape index (κ2) is 8.94. The Kier molecular flexibility index (Phi) is 5.67. The number of aromatic nitrogens is 3. The molecule has 7 nitrogen and oxygen atoms in total. The minimum Gasteiger partial charge on any atom is -0.508 e. The zero-order chi connectivity index (χ0) is 23.7. The Morgan fingerprint density at radius 2 is 1.91 bits per heavy atom. The average molecular weight is 453 g/mol. The maximum absolute atomic E-state index is 13.8. The number of rotatable bonds is 4. The summed E-state index contributed by atoms with van der Waals surface area (Å²) in [4.78, 5) is 28.7. The van der Waals surface area contributed by atoms with Crippen molar-refractivity contribution in [2.75, 3.05) is 4.90 Å². The zero-order valence-electron chi connectivity index (χ0n) is 18.7. The minimum atomic E-state index is -0.339. The maximum Gasteiger partial charge on any atom is 0.262 e. The summed E-state index contributed by atoms with van der Waals surface area (Å²) in [5.74, 6) is -0.697. The number of hydrogen-bond donors (Lipinski definition) is 2. The summed E-state index contributed by atoms with van der Waals surface area (Å²) in [5.41, 5.74) is 5.59. The molecule has 0 fully saturated rings. The van der Waals surface area contributed by atoms with Crippen molar-refractivity contribution < 1.29 is 15.0 Å². The van der Waals surface area contributed by atoms with E-state index in [2.05, 4.69) is 27.9 Å². The monoisotopic (exact) mass is 452 g/mol. The molecule has 4 aromatic rings. The Labute approximate surface area is 197 Å². The summed E-state index contributed by atoms with van der Waals surface area (Å²) in [7, 11) is 0. The molecule has 3 heterocycles. The molecule has 1 aliphatic rings. The molecule has 7 heteroatoms. The summed E-state index contributed by atoms with van der Waals surface area (Å²) in [5, 5.41) is 20.1. The largest absolute Gasteiger partial charge is 0.508 e. The first kappa shape index (κ1) is 21.6. The van der Waals surface area contributed by atoms with Crippen LogP contribution in [-0.4, -0.2) is 31.1 Å². The van der Waals surface area contributed by atoms with Crippen molar-refractivity contribution in [2.24, 2.45) is 0 Å². The second-order valence-corrected chi connectivity index (χ2v) is 8.27. The van der Waals surface area contributed by atoms with Crippen LogP contribution in [0.2, 0.25) is 0 Å². The number of phenolic OH excluding ortho intramolecular Hbond substituents is 2. The van der Waals surface area contributed by atoms with E-state index in [0.29, 0.717) is 6.42 Å². The molecule has 5 rings (SSSR count). The molecule has 2 aromatic carbocycles. The first-order valence-electron chi connectivity index (χ1n) is 11.3. The fourth-order valence-corrected chi connectivity index (χ4v) is 4.59. The lowest BCUT2D eigenvalue weighted by Crippen LogP contribution is -2.38. The molecule has 1 amide bonds. The lowest BCUT2D eigenvalue weighted by molar-refractivity contribution is 0.0970. The van der Waals surface area contributed by atoms with Gasteiger partial charge in [0.25, 0.3) is 5.91 Å². The molecule has 34 heavy (non-hydrogen) atoms. The number of hydrogen-bond acceptors (Lipinski definition) is 6. The van der Waals surface area contributed by atoms with Crippen molar-refractivity contribution >= 4 is 11.6 Å². The number of pyridine rings is 1. The highest BCUT2D eigenvalue weighted by molar-refractivity contribution is 6.09. The summed E-state index contributed by atoms with van der Waals surface area (Å²) in [6.07, 6.45) is 9.11. The third-order valence-corrected chi connectivity index (χ3v) is 6.22. The van der Waals surface area contributed by atoms with Crippen LogP contribution in [0.25, 0.3) is 11.3 Å². The number of aromatic hydroxyl groups is 2. The standard InChI is InChI=1S/C27H24N4O3/c1-2-22-26(30-13-12-29-22)18-6-10-23-17(14-18)5-9-24(19-4-3-11-28-16-19)31(23)27(34)21-8-7-20(32)15-25(21)33/h3-4,6-8,10-16,24,32-33H,2,5,9H2,1H3/t24-/m0/s1. The van der Waals surface area contributed by atoms with Crippen LogP contribution in [0, 0.1) is 0 Å². The van der Waals surface area contributed by atoms with Gasteiger partial charge in [0.2, 0.25) is 0 Å². The number of nitrogens with zero attached hydrogens (tertiary/aromatic N) is 4. The van der Waals surface area contributed by atoms with Gasteiger partial charge in [-0.1, -0.05) is 19.1 Å². The van der Waals surface area contributed by atoms with E-state index in [0.717, 1.165) is 46.6 Å². The Hall–Kier alpha value is -4.26. The van der Waals surface area contributed by atoms with Crippen LogP contribution in [0.15, 0.2) is 73.3 Å². The first-order chi connectivity index (χ1) is 16.6. The van der Waals surface area contributed by atoms with Gasteiger partial charge >= 0.3 is 0 Å². The average Bonchev–Trinajstić information content (AvgIpc) is 2.87. The molecule has 1 atom stereocenters. The highest BCUT2D eigenvalue weighted by Gasteiger charge is 2.34. The van der Waals surface area contributed by atoms with Crippen LogP contribution >= 0.6 is 0 Å². The van der Waals surface area contributed by atoms with Gasteiger partial charge in [0.15, 0.2) is 0 Å². The van der Waals surface area contributed by atoms with Gasteiger partial charge < -0.3 is 15.1 Å². The van der Waals surface area contributed by atoms with Crippen molar-refractivity contribution in [3.63, 3.8) is 0 Å². The van der Waals surface area contributed by atoms with E-state index in [-0.39, 0.29) is 29.0 Å². The lowest BCUT2D eigenvalue weighted by Gasteiger charge is -2.38. The molecule has 2 aromatic heterocycles. The van der Waals surface area contributed by atoms with E-state index in [1.165, 1.54) is 18.2 Å². The van der Waals surface area contributed by atoms with Crippen molar-refractivity contribution in [3.8, 4) is 22.8 Å². The molecule has 2 N–H and O–H groups in total. The molecule has 1 aliphatic heterocycles. The number of benzene rings is 2. The maximum atomic E-state index is 13.8. The van der Waals surface area contributed by atoms with Crippen molar-refractivity contribution in [3.05, 3.63) is 95.7 Å². The van der Waals surface area contributed by atoms with Crippen molar-refractivity contribution in [1.29, 1.82) is 0 Å². The molecule has 0 unspecified atom stereocenters. The molecule has 0 bridgehead atoms. The van der Waals surface area contributed by atoms with Gasteiger partial charge in [-0.15, -0.1) is 0 Å². The number of anilines is 1. The smallest absolute Gasteiger partial charge is 0.262 e. The molecule has 0 saturated heterocycles. The fraction of sp³-hybridized carbons (Fsp3) is 0.185. The number of carbonyl (C=O) groups excluding carboxylic acids is 1. The highest BCUT2D eigenvalue weighted by Crippen LogP contribution is 2.42. The predicted molar refractivity (Wildman–Crippen MR) is 129 cm³/mol. The van der Waals surface area contributed by atoms with Gasteiger partial charge in [-0.3, -0.25) is 19.7 Å². The Morgan fingerprint density at radius 1 is 1.06 bits per heavy atom. The van der Waals surface area contributed by atoms with Crippen LogP contribution in [0.3, 0.4) is 0 Å². The third kappa shape index (κ3) is 3.85. The van der Waals surface area contributed by atoms with Crippen molar-refractivity contribution in [1.82, 2.24) is 15.0 Å². The van der Waals surface area contributed by atoms with E-state index in [4.69, 9.17) is 0 Å². The van der Waals surface area contributed by atoms with E-state index in [1.807, 2.05) is 24.3 Å². The quantitative estimate of drug-likeness (QED) is 0.459. The number of aryl methyl sites for hydroxylation is 2. The van der Waals surface area contributed by atoms with Crippen molar-refractivity contribution in [2.45, 2.75) is 32.2 Å². The van der Waals surface area contributed by atoms with Crippen LogP contribution in [0.5, 0.6) is 11.5 Å². The van der Waals surface area contributed by atoms with E-state index in [1.54, 1.807) is 29.7 Å². The number of fused-ring (bicyclic) bond motifs is 1. The Balaban J connectivity index is 1.62. The molecule has 0 radical (unpaired) electrons. The van der Waals surface area contributed by atoms with Crippen LogP contribution in [0.4, 0.5) is 5.69 Å². The normalized spacial score (nSPS) is 15.1. The van der Waals surface area contributed by atoms with E-state index >= 15 is 0 Å². The first-order valence-corrected chi connectivity index (χ1v) is 11.3. The number of amides is 1. The van der Waals surface area contributed by atoms with Gasteiger partial charge in [-0.05, 0) is 60.7 Å². The molecule has 0 spiro atoms. The van der Waals surface area contributed by atoms with Gasteiger partial charge in [0.05, 0.1) is 23.0 Å². The van der Waals surface area contributed by atoms with E-state index in [9.17, 15) is 15.0 Å². The van der Waals surface area contributed by atoms with Gasteiger partial charge in [0, 0.05) is 42.1 Å². The zero-order valence-corrected chi connectivity index (χ0v) is 18.7. The summed E-state index contributed by atoms with van der Waals surface area (Å²) in [6, 6.07) is 13.6. The fourth-order valence-electron chi connectivity index (χ4n) is 4.59. The second-order valence-electron chi connectivity index (χ2n) is 8.27. The summed E-state index contributed by atoms with van der Waals surface area (Å²) in [6.45, 7) is 2.05. The highest BCUT2D eigenvalue weighted by atomic mass is 16.3. The van der Waals surface area contributed by atoms with Gasteiger partial charge in [0.1, 0.15) is 11.5 Å². The SMILES string of the molecule is CCc1nccnc1-c1ccc2c(c1)CC[C@@H](c1cccnc1)N2C(=O)c1ccc(O)cc1O. The number of carbonyl (C=O) groups is 1. The topological polar surface area (TPSA) is 99.4 Å². The van der Waals surface area contributed by atoms with Gasteiger partial charge in [-0.25, -0.2) is 0 Å². The van der Waals surface area contributed by atoms with Gasteiger partial charge in [-0.2, -0.15) is 0 Å². The molecule has 170 valence electrons. The van der Waals surface area contributed by atoms with Crippen LogP contribution in [-0.2, 0) is 12.8 Å². The van der Waals surface area contributed by atoms with E-state index < -0.39 is 0 Å². The minimum absolute atomic E-state index is 0.0998. The number of phenols is 2.